The van der Waals surface area contributed by atoms with E-state index in [-0.39, 0.29) is 10.4 Å². The van der Waals surface area contributed by atoms with Crippen molar-refractivity contribution in [3.63, 3.8) is 0 Å². The third-order valence-corrected chi connectivity index (χ3v) is 7.60. The SMILES string of the molecule is CC1C2(c3ccc(Cl)cc3Cl)OC(=N)C1(C#N)C(C#N)(C#N)C(c1ccc(C(C)(C)C)cc1)O2. The predicted molar refractivity (Wildman–Crippen MR) is 127 cm³/mol. The Bertz CT molecular complexity index is 1300. The maximum Gasteiger partial charge on any atom is 0.245 e. The Morgan fingerprint density at radius 2 is 1.59 bits per heavy atom. The molecule has 8 heteroatoms. The molecular weight excluding hydrogens is 471 g/mol. The van der Waals surface area contributed by atoms with Crippen LogP contribution in [0.25, 0.3) is 0 Å². The molecule has 2 fully saturated rings. The summed E-state index contributed by atoms with van der Waals surface area (Å²) < 4.78 is 12.5. The van der Waals surface area contributed by atoms with Gasteiger partial charge in [-0.1, -0.05) is 75.2 Å². The number of hydrogen-bond acceptors (Lipinski definition) is 6. The molecule has 0 spiro atoms. The highest BCUT2D eigenvalue weighted by atomic mass is 35.5. The van der Waals surface area contributed by atoms with Crippen LogP contribution in [0.1, 0.15) is 50.5 Å². The number of halogens is 2. The molecule has 4 unspecified atom stereocenters. The first kappa shape index (κ1) is 24.1. The highest BCUT2D eigenvalue weighted by Gasteiger charge is 2.80. The first-order chi connectivity index (χ1) is 15.9. The number of nitrogens with zero attached hydrogens (tertiary/aromatic N) is 3. The summed E-state index contributed by atoms with van der Waals surface area (Å²) in [5.41, 5.74) is -2.11. The lowest BCUT2D eigenvalue weighted by Crippen LogP contribution is -2.57. The molecular formula is C26H22Cl2N4O2. The molecule has 2 saturated heterocycles. The molecule has 0 radical (unpaired) electrons. The van der Waals surface area contributed by atoms with Crippen LogP contribution in [0.5, 0.6) is 0 Å². The van der Waals surface area contributed by atoms with E-state index in [0.717, 1.165) is 5.56 Å². The number of benzene rings is 2. The van der Waals surface area contributed by atoms with Crippen LogP contribution in [-0.2, 0) is 20.7 Å². The molecule has 2 aliphatic heterocycles. The van der Waals surface area contributed by atoms with Gasteiger partial charge in [-0.05, 0) is 34.7 Å². The van der Waals surface area contributed by atoms with Gasteiger partial charge in [0.25, 0.3) is 0 Å². The molecule has 2 aliphatic rings. The Balaban J connectivity index is 2.01. The summed E-state index contributed by atoms with van der Waals surface area (Å²) in [6.07, 6.45) is -1.19. The Kier molecular flexibility index (Phi) is 5.47. The average Bonchev–Trinajstić information content (AvgIpc) is 2.95. The van der Waals surface area contributed by atoms with Crippen LogP contribution in [0.4, 0.5) is 0 Å². The Morgan fingerprint density at radius 1 is 0.971 bits per heavy atom. The van der Waals surface area contributed by atoms with Crippen molar-refractivity contribution in [3.05, 3.63) is 69.2 Å². The van der Waals surface area contributed by atoms with Crippen molar-refractivity contribution in [3.8, 4) is 18.2 Å². The van der Waals surface area contributed by atoms with Crippen molar-refractivity contribution in [2.45, 2.75) is 45.0 Å². The van der Waals surface area contributed by atoms with Gasteiger partial charge in [-0.3, -0.25) is 5.41 Å². The lowest BCUT2D eigenvalue weighted by Gasteiger charge is -2.49. The number of ether oxygens (including phenoxy) is 2. The van der Waals surface area contributed by atoms with Crippen LogP contribution in [0.15, 0.2) is 42.5 Å². The molecule has 2 heterocycles. The van der Waals surface area contributed by atoms with Gasteiger partial charge < -0.3 is 9.47 Å². The Labute approximate surface area is 208 Å². The Hall–Kier alpha value is -3.08. The zero-order chi connectivity index (χ0) is 25.1. The van der Waals surface area contributed by atoms with Crippen LogP contribution in [0, 0.1) is 56.2 Å². The fourth-order valence-corrected chi connectivity index (χ4v) is 5.61. The summed E-state index contributed by atoms with van der Waals surface area (Å²) in [6.45, 7) is 7.87. The first-order valence-electron chi connectivity index (χ1n) is 10.7. The fourth-order valence-electron chi connectivity index (χ4n) is 5.07. The summed E-state index contributed by atoms with van der Waals surface area (Å²) >= 11 is 12.6. The van der Waals surface area contributed by atoms with Gasteiger partial charge in [0, 0.05) is 10.6 Å². The largest absolute Gasteiger partial charge is 0.443 e. The fraction of sp³-hybridized carbons (Fsp3) is 0.385. The number of fused-ring (bicyclic) bond motifs is 2. The van der Waals surface area contributed by atoms with Crippen LogP contribution in [0.3, 0.4) is 0 Å². The van der Waals surface area contributed by atoms with Gasteiger partial charge in [-0.15, -0.1) is 0 Å². The number of nitrogens with one attached hydrogen (secondary N) is 1. The van der Waals surface area contributed by atoms with E-state index in [0.29, 0.717) is 16.1 Å². The van der Waals surface area contributed by atoms with Gasteiger partial charge in [0.1, 0.15) is 6.10 Å². The van der Waals surface area contributed by atoms with Gasteiger partial charge in [0.05, 0.1) is 29.1 Å². The summed E-state index contributed by atoms with van der Waals surface area (Å²) in [7, 11) is 0. The third kappa shape index (κ3) is 2.92. The van der Waals surface area contributed by atoms with Crippen molar-refractivity contribution in [1.82, 2.24) is 0 Å². The van der Waals surface area contributed by atoms with E-state index in [1.54, 1.807) is 31.2 Å². The molecule has 0 amide bonds. The molecule has 34 heavy (non-hydrogen) atoms. The van der Waals surface area contributed by atoms with Gasteiger partial charge in [0.15, 0.2) is 5.41 Å². The van der Waals surface area contributed by atoms with E-state index >= 15 is 0 Å². The van der Waals surface area contributed by atoms with Crippen molar-refractivity contribution in [1.29, 1.82) is 21.2 Å². The standard InChI is InChI=1S/C26H22Cl2N4O2/c1-15-25(14-31)22(32)34-26(15,19-10-9-18(27)11-20(19)28)33-21(24(25,12-29)13-30)16-5-7-17(8-6-16)23(2,3)4/h5-11,15,21,32H,1-4H3. The van der Waals surface area contributed by atoms with E-state index in [9.17, 15) is 15.8 Å². The van der Waals surface area contributed by atoms with E-state index in [1.807, 2.05) is 24.3 Å². The van der Waals surface area contributed by atoms with Crippen molar-refractivity contribution in [2.24, 2.45) is 16.7 Å². The van der Waals surface area contributed by atoms with Crippen molar-refractivity contribution < 1.29 is 9.47 Å². The average molecular weight is 493 g/mol. The molecule has 6 nitrogen and oxygen atoms in total. The lowest BCUT2D eigenvalue weighted by molar-refractivity contribution is -0.288. The van der Waals surface area contributed by atoms with Gasteiger partial charge in [-0.25, -0.2) is 0 Å². The molecule has 2 bridgehead atoms. The molecule has 0 aromatic heterocycles. The van der Waals surface area contributed by atoms with E-state index in [4.69, 9.17) is 38.1 Å². The Morgan fingerprint density at radius 3 is 2.09 bits per heavy atom. The predicted octanol–water partition coefficient (Wildman–Crippen LogP) is 6.40. The highest BCUT2D eigenvalue weighted by molar-refractivity contribution is 6.35. The zero-order valence-electron chi connectivity index (χ0n) is 19.1. The minimum atomic E-state index is -2.04. The maximum atomic E-state index is 10.4. The van der Waals surface area contributed by atoms with E-state index in [2.05, 4.69) is 26.8 Å². The third-order valence-electron chi connectivity index (χ3n) is 7.05. The van der Waals surface area contributed by atoms with Crippen LogP contribution >= 0.6 is 23.2 Å². The minimum absolute atomic E-state index is 0.113. The van der Waals surface area contributed by atoms with Gasteiger partial charge in [0.2, 0.25) is 17.1 Å². The summed E-state index contributed by atoms with van der Waals surface area (Å²) in [5, 5.41) is 40.4. The molecule has 2 aromatic carbocycles. The molecule has 1 N–H and O–H groups in total. The lowest BCUT2D eigenvalue weighted by atomic mass is 9.53. The second kappa shape index (κ2) is 7.72. The second-order valence-corrected chi connectivity index (χ2v) is 10.6. The molecule has 4 atom stereocenters. The summed E-state index contributed by atoms with van der Waals surface area (Å²) in [4.78, 5) is 0. The molecule has 0 aliphatic carbocycles. The number of nitriles is 3. The highest BCUT2D eigenvalue weighted by Crippen LogP contribution is 2.69. The molecule has 4 rings (SSSR count). The second-order valence-electron chi connectivity index (χ2n) is 9.77. The quantitative estimate of drug-likeness (QED) is 0.520. The normalized spacial score (nSPS) is 29.4. The minimum Gasteiger partial charge on any atom is -0.443 e. The monoisotopic (exact) mass is 492 g/mol. The summed E-state index contributed by atoms with van der Waals surface area (Å²) in [6, 6.07) is 18.4. The number of rotatable bonds is 2. The van der Waals surface area contributed by atoms with E-state index in [1.165, 1.54) is 6.07 Å². The first-order valence-corrected chi connectivity index (χ1v) is 11.4. The molecule has 2 aromatic rings. The smallest absolute Gasteiger partial charge is 0.245 e. The zero-order valence-corrected chi connectivity index (χ0v) is 20.6. The molecule has 172 valence electrons. The maximum absolute atomic E-state index is 10.4. The topological polar surface area (TPSA) is 114 Å². The van der Waals surface area contributed by atoms with Crippen LogP contribution in [0.2, 0.25) is 10.0 Å². The number of hydrogen-bond donors (Lipinski definition) is 1. The van der Waals surface area contributed by atoms with Crippen LogP contribution in [-0.4, -0.2) is 5.90 Å². The van der Waals surface area contributed by atoms with Crippen molar-refractivity contribution >= 4 is 29.1 Å². The molecule has 0 saturated carbocycles. The van der Waals surface area contributed by atoms with Crippen LogP contribution < -0.4 is 0 Å². The van der Waals surface area contributed by atoms with E-state index < -0.39 is 34.5 Å². The van der Waals surface area contributed by atoms with Gasteiger partial charge in [-0.2, -0.15) is 15.8 Å². The van der Waals surface area contributed by atoms with Gasteiger partial charge >= 0.3 is 0 Å². The summed E-state index contributed by atoms with van der Waals surface area (Å²) in [5.74, 6) is -3.06. The van der Waals surface area contributed by atoms with Crippen molar-refractivity contribution in [2.75, 3.05) is 0 Å².